The molecule has 0 aliphatic carbocycles. The molecule has 0 N–H and O–H groups in total. The van der Waals surface area contributed by atoms with Gasteiger partial charge >= 0.3 is 11.9 Å². The van der Waals surface area contributed by atoms with Crippen LogP contribution in [0.15, 0.2) is 30.3 Å². The van der Waals surface area contributed by atoms with Crippen molar-refractivity contribution in [2.24, 2.45) is 23.2 Å². The molecule has 1 heterocycles. The molecule has 0 bridgehead atoms. The Morgan fingerprint density at radius 1 is 0.957 bits per heavy atom. The zero-order valence-corrected chi connectivity index (χ0v) is 17.8. The first-order valence-corrected chi connectivity index (χ1v) is 7.91. The van der Waals surface area contributed by atoms with Crippen molar-refractivity contribution in [2.45, 2.75) is 47.0 Å². The summed E-state index contributed by atoms with van der Waals surface area (Å²) in [6.07, 6.45) is 0. The third kappa shape index (κ3) is 3.46. The van der Waals surface area contributed by atoms with Gasteiger partial charge in [-0.2, -0.15) is 0 Å². The monoisotopic (exact) mass is 391 g/mol. The van der Waals surface area contributed by atoms with Gasteiger partial charge in [0, 0.05) is 32.7 Å². The molecule has 1 aromatic rings. The van der Waals surface area contributed by atoms with Gasteiger partial charge in [-0.25, -0.2) is 0 Å². The van der Waals surface area contributed by atoms with E-state index in [-0.39, 0.29) is 61.9 Å². The van der Waals surface area contributed by atoms with Gasteiger partial charge in [-0.3, -0.25) is 9.59 Å². The minimum atomic E-state index is -0.421. The standard InChI is InChI=1S/C19H26O3.Y/c1-12(2)14-15(17(21)22-16(14)20)19(5,6)18(3,4)13-10-8-7-9-11-13;/h7-12,14-15H,1-6H3;. The Labute approximate surface area is 164 Å². The normalized spacial score (nSPS) is 22.0. The summed E-state index contributed by atoms with van der Waals surface area (Å²) in [7, 11) is 0. The Hall–Kier alpha value is -0.536. The van der Waals surface area contributed by atoms with Crippen LogP contribution in [0.4, 0.5) is 0 Å². The van der Waals surface area contributed by atoms with Crippen molar-refractivity contribution in [3.63, 3.8) is 0 Å². The average Bonchev–Trinajstić information content (AvgIpc) is 2.74. The molecule has 2 rings (SSSR count). The van der Waals surface area contributed by atoms with Gasteiger partial charge in [-0.05, 0) is 22.3 Å². The fourth-order valence-corrected chi connectivity index (χ4v) is 3.53. The van der Waals surface area contributed by atoms with Gasteiger partial charge in [-0.15, -0.1) is 0 Å². The van der Waals surface area contributed by atoms with Gasteiger partial charge in [0.25, 0.3) is 0 Å². The van der Waals surface area contributed by atoms with Gasteiger partial charge in [0.05, 0.1) is 11.8 Å². The molecule has 0 amide bonds. The van der Waals surface area contributed by atoms with Gasteiger partial charge in [0.15, 0.2) is 0 Å². The molecule has 1 fully saturated rings. The maximum absolute atomic E-state index is 12.4. The molecule has 1 radical (unpaired) electrons. The Balaban J connectivity index is 0.00000264. The van der Waals surface area contributed by atoms with E-state index >= 15 is 0 Å². The molecule has 1 aliphatic heterocycles. The molecule has 3 nitrogen and oxygen atoms in total. The fraction of sp³-hybridized carbons (Fsp3) is 0.579. The van der Waals surface area contributed by atoms with Crippen molar-refractivity contribution >= 4 is 11.9 Å². The predicted octanol–water partition coefficient (Wildman–Crippen LogP) is 3.96. The van der Waals surface area contributed by atoms with Crippen molar-refractivity contribution < 1.29 is 47.0 Å². The van der Waals surface area contributed by atoms with Crippen molar-refractivity contribution in [2.75, 3.05) is 0 Å². The molecule has 2 atom stereocenters. The number of hydrogen-bond acceptors (Lipinski definition) is 3. The van der Waals surface area contributed by atoms with Crippen LogP contribution < -0.4 is 0 Å². The summed E-state index contributed by atoms with van der Waals surface area (Å²) in [5, 5.41) is 0. The number of esters is 2. The van der Waals surface area contributed by atoms with Gasteiger partial charge in [-0.1, -0.05) is 71.9 Å². The van der Waals surface area contributed by atoms with Crippen molar-refractivity contribution in [1.29, 1.82) is 0 Å². The zero-order valence-electron chi connectivity index (χ0n) is 14.9. The van der Waals surface area contributed by atoms with E-state index in [2.05, 4.69) is 39.8 Å². The number of ether oxygens (including phenoxy) is 1. The molecule has 0 aromatic heterocycles. The van der Waals surface area contributed by atoms with Crippen LogP contribution in [0, 0.1) is 23.2 Å². The summed E-state index contributed by atoms with van der Waals surface area (Å²) in [4.78, 5) is 24.5. The Morgan fingerprint density at radius 2 is 1.48 bits per heavy atom. The van der Waals surface area contributed by atoms with Crippen LogP contribution in [0.3, 0.4) is 0 Å². The van der Waals surface area contributed by atoms with E-state index in [9.17, 15) is 9.59 Å². The molecule has 1 saturated heterocycles. The van der Waals surface area contributed by atoms with Crippen LogP contribution >= 0.6 is 0 Å². The van der Waals surface area contributed by atoms with E-state index < -0.39 is 11.3 Å². The molecule has 23 heavy (non-hydrogen) atoms. The van der Waals surface area contributed by atoms with Gasteiger partial charge < -0.3 is 4.74 Å². The summed E-state index contributed by atoms with van der Waals surface area (Å²) >= 11 is 0. The summed E-state index contributed by atoms with van der Waals surface area (Å²) in [6, 6.07) is 10.1. The number of carbonyl (C=O) groups is 2. The van der Waals surface area contributed by atoms with Crippen molar-refractivity contribution in [3.05, 3.63) is 35.9 Å². The van der Waals surface area contributed by atoms with E-state index in [0.717, 1.165) is 5.56 Å². The molecule has 0 spiro atoms. The van der Waals surface area contributed by atoms with Crippen LogP contribution in [-0.2, 0) is 52.5 Å². The van der Waals surface area contributed by atoms with E-state index in [4.69, 9.17) is 4.74 Å². The van der Waals surface area contributed by atoms with E-state index in [1.165, 1.54) is 0 Å². The molecular weight excluding hydrogens is 365 g/mol. The van der Waals surface area contributed by atoms with Crippen LogP contribution in [0.1, 0.15) is 47.1 Å². The number of hydrogen-bond donors (Lipinski definition) is 0. The first-order chi connectivity index (χ1) is 10.1. The maximum atomic E-state index is 12.4. The SMILES string of the molecule is CC(C)C1C(=O)OC(=O)C1C(C)(C)C(C)(C)c1ccccc1.[Y]. The number of cyclic esters (lactones) is 2. The Morgan fingerprint density at radius 3 is 1.96 bits per heavy atom. The predicted molar refractivity (Wildman–Crippen MR) is 86.2 cm³/mol. The molecule has 4 heteroatoms. The van der Waals surface area contributed by atoms with E-state index in [1.807, 2.05) is 32.0 Å². The summed E-state index contributed by atoms with van der Waals surface area (Å²) in [6.45, 7) is 12.4. The van der Waals surface area contributed by atoms with Crippen LogP contribution in [-0.4, -0.2) is 11.9 Å². The summed E-state index contributed by atoms with van der Waals surface area (Å²) in [5.74, 6) is -1.46. The molecule has 2 unspecified atom stereocenters. The van der Waals surface area contributed by atoms with Gasteiger partial charge in [0.2, 0.25) is 0 Å². The first kappa shape index (κ1) is 20.5. The minimum Gasteiger partial charge on any atom is -0.393 e. The zero-order chi connectivity index (χ0) is 16.7. The summed E-state index contributed by atoms with van der Waals surface area (Å²) in [5.41, 5.74) is 0.483. The number of benzene rings is 1. The average molecular weight is 391 g/mol. The number of rotatable bonds is 4. The maximum Gasteiger partial charge on any atom is 0.318 e. The second-order valence-corrected chi connectivity index (χ2v) is 7.70. The van der Waals surface area contributed by atoms with Crippen LogP contribution in [0.2, 0.25) is 0 Å². The van der Waals surface area contributed by atoms with Gasteiger partial charge in [0.1, 0.15) is 0 Å². The Kier molecular flexibility index (Phi) is 6.37. The smallest absolute Gasteiger partial charge is 0.318 e. The molecule has 1 aliphatic rings. The first-order valence-electron chi connectivity index (χ1n) is 7.91. The third-order valence-corrected chi connectivity index (χ3v) is 5.69. The quantitative estimate of drug-likeness (QED) is 0.577. The second-order valence-electron chi connectivity index (χ2n) is 7.70. The molecule has 0 saturated carbocycles. The van der Waals surface area contributed by atoms with E-state index in [0.29, 0.717) is 0 Å². The Bertz CT molecular complexity index is 576. The van der Waals surface area contributed by atoms with Crippen LogP contribution in [0.5, 0.6) is 0 Å². The molecular formula is C19H26O3Y. The largest absolute Gasteiger partial charge is 0.393 e. The molecule has 123 valence electrons. The van der Waals surface area contributed by atoms with E-state index in [1.54, 1.807) is 0 Å². The third-order valence-electron chi connectivity index (χ3n) is 5.69. The van der Waals surface area contributed by atoms with Crippen LogP contribution in [0.25, 0.3) is 0 Å². The number of carbonyl (C=O) groups excluding carboxylic acids is 2. The topological polar surface area (TPSA) is 43.4 Å². The second kappa shape index (κ2) is 7.15. The van der Waals surface area contributed by atoms with Crippen molar-refractivity contribution in [1.82, 2.24) is 0 Å². The molecule has 1 aromatic carbocycles. The van der Waals surface area contributed by atoms with Crippen molar-refractivity contribution in [3.8, 4) is 0 Å². The minimum absolute atomic E-state index is 0. The summed E-state index contributed by atoms with van der Waals surface area (Å²) < 4.78 is 4.99. The fourth-order valence-electron chi connectivity index (χ4n) is 3.53.